The summed E-state index contributed by atoms with van der Waals surface area (Å²) in [5.74, 6) is 1.89. The minimum Gasteiger partial charge on any atom is -0.489 e. The van der Waals surface area contributed by atoms with E-state index in [2.05, 4.69) is 0 Å². The number of methoxy groups -OCH3 is 2. The van der Waals surface area contributed by atoms with Crippen LogP contribution in [0.2, 0.25) is 0 Å². The molecule has 1 aliphatic heterocycles. The molecule has 0 fully saturated rings. The number of benzene rings is 2. The zero-order chi connectivity index (χ0) is 23.2. The SMILES string of the molecule is COCOc1ccc(C(OC)c2c(C)cc(OCC#N)c3c2CCO3)nc1-c1ccccc1. The van der Waals surface area contributed by atoms with Crippen LogP contribution in [0.15, 0.2) is 48.5 Å². The molecular formula is C26H26N2O5. The van der Waals surface area contributed by atoms with Crippen LogP contribution in [0.3, 0.4) is 0 Å². The van der Waals surface area contributed by atoms with Gasteiger partial charge in [0.25, 0.3) is 0 Å². The van der Waals surface area contributed by atoms with Gasteiger partial charge >= 0.3 is 0 Å². The van der Waals surface area contributed by atoms with Gasteiger partial charge in [0, 0.05) is 31.8 Å². The molecular weight excluding hydrogens is 420 g/mol. The Kier molecular flexibility index (Phi) is 7.08. The standard InChI is InChI=1S/C26H26N2O5/c1-17-15-22(31-14-12-27)25-19(11-13-32-25)23(17)26(30-3)20-9-10-21(33-16-29-2)24(28-20)18-7-5-4-6-8-18/h4-10,15,26H,11,13-14,16H2,1-3H3. The summed E-state index contributed by atoms with van der Waals surface area (Å²) in [5.41, 5.74) is 5.42. The largest absolute Gasteiger partial charge is 0.489 e. The summed E-state index contributed by atoms with van der Waals surface area (Å²) in [7, 11) is 3.26. The lowest BCUT2D eigenvalue weighted by Gasteiger charge is -2.23. The summed E-state index contributed by atoms with van der Waals surface area (Å²) < 4.78 is 28.3. The van der Waals surface area contributed by atoms with Crippen LogP contribution in [0.1, 0.15) is 28.5 Å². The molecule has 1 aliphatic rings. The maximum absolute atomic E-state index is 8.91. The summed E-state index contributed by atoms with van der Waals surface area (Å²) in [5, 5.41) is 8.91. The fourth-order valence-corrected chi connectivity index (χ4v) is 4.13. The van der Waals surface area contributed by atoms with Crippen LogP contribution >= 0.6 is 0 Å². The molecule has 7 heteroatoms. The lowest BCUT2D eigenvalue weighted by Crippen LogP contribution is -2.12. The van der Waals surface area contributed by atoms with Crippen LogP contribution in [-0.2, 0) is 15.9 Å². The van der Waals surface area contributed by atoms with Gasteiger partial charge in [-0.2, -0.15) is 5.26 Å². The zero-order valence-electron chi connectivity index (χ0n) is 19.0. The average molecular weight is 447 g/mol. The predicted octanol–water partition coefficient (Wildman–Crippen LogP) is 4.61. The Labute approximate surface area is 193 Å². The summed E-state index contributed by atoms with van der Waals surface area (Å²) in [6, 6.07) is 17.6. The predicted molar refractivity (Wildman–Crippen MR) is 123 cm³/mol. The molecule has 1 unspecified atom stereocenters. The van der Waals surface area contributed by atoms with Gasteiger partial charge < -0.3 is 23.7 Å². The van der Waals surface area contributed by atoms with Gasteiger partial charge in [0.15, 0.2) is 24.9 Å². The fourth-order valence-electron chi connectivity index (χ4n) is 4.13. The second-order valence-electron chi connectivity index (χ2n) is 7.57. The van der Waals surface area contributed by atoms with Crippen molar-refractivity contribution in [1.82, 2.24) is 4.98 Å². The summed E-state index contributed by atoms with van der Waals surface area (Å²) >= 11 is 0. The van der Waals surface area contributed by atoms with Gasteiger partial charge in [0.1, 0.15) is 23.6 Å². The van der Waals surface area contributed by atoms with E-state index >= 15 is 0 Å². The number of ether oxygens (including phenoxy) is 5. The number of hydrogen-bond donors (Lipinski definition) is 0. The molecule has 170 valence electrons. The first-order valence-corrected chi connectivity index (χ1v) is 10.7. The first kappa shape index (κ1) is 22.6. The second kappa shape index (κ2) is 10.3. The lowest BCUT2D eigenvalue weighted by molar-refractivity contribution is 0.0512. The van der Waals surface area contributed by atoms with Crippen molar-refractivity contribution in [3.8, 4) is 34.6 Å². The van der Waals surface area contributed by atoms with Crippen molar-refractivity contribution >= 4 is 0 Å². The number of rotatable bonds is 9. The number of nitrogens with zero attached hydrogens (tertiary/aromatic N) is 2. The molecule has 0 saturated carbocycles. The average Bonchev–Trinajstić information content (AvgIpc) is 3.34. The second-order valence-corrected chi connectivity index (χ2v) is 7.57. The highest BCUT2D eigenvalue weighted by atomic mass is 16.7. The fraction of sp³-hybridized carbons (Fsp3) is 0.308. The van der Waals surface area contributed by atoms with Crippen LogP contribution < -0.4 is 14.2 Å². The lowest BCUT2D eigenvalue weighted by atomic mass is 9.92. The van der Waals surface area contributed by atoms with E-state index in [1.165, 1.54) is 0 Å². The minimum atomic E-state index is -0.413. The minimum absolute atomic E-state index is 0.0345. The Morgan fingerprint density at radius 2 is 1.91 bits per heavy atom. The first-order chi connectivity index (χ1) is 16.2. The van der Waals surface area contributed by atoms with Crippen molar-refractivity contribution in [2.45, 2.75) is 19.4 Å². The highest BCUT2D eigenvalue weighted by Gasteiger charge is 2.29. The molecule has 1 atom stereocenters. The van der Waals surface area contributed by atoms with Crippen LogP contribution in [0.4, 0.5) is 0 Å². The van der Waals surface area contributed by atoms with Gasteiger partial charge in [-0.05, 0) is 36.2 Å². The van der Waals surface area contributed by atoms with Crippen molar-refractivity contribution in [1.29, 1.82) is 5.26 Å². The highest BCUT2D eigenvalue weighted by molar-refractivity contribution is 5.67. The van der Waals surface area contributed by atoms with E-state index in [9.17, 15) is 0 Å². The van der Waals surface area contributed by atoms with Crippen molar-refractivity contribution < 1.29 is 23.7 Å². The Bertz CT molecular complexity index is 1160. The van der Waals surface area contributed by atoms with Gasteiger partial charge in [-0.1, -0.05) is 30.3 Å². The van der Waals surface area contributed by atoms with E-state index in [4.69, 9.17) is 33.9 Å². The van der Waals surface area contributed by atoms with Gasteiger partial charge in [-0.25, -0.2) is 4.98 Å². The van der Waals surface area contributed by atoms with Crippen LogP contribution in [0.5, 0.6) is 17.2 Å². The smallest absolute Gasteiger partial charge is 0.188 e. The topological polar surface area (TPSA) is 82.8 Å². The first-order valence-electron chi connectivity index (χ1n) is 10.7. The van der Waals surface area contributed by atoms with Crippen molar-refractivity contribution in [2.75, 3.05) is 34.2 Å². The number of pyridine rings is 1. The van der Waals surface area contributed by atoms with E-state index in [1.807, 2.05) is 61.5 Å². The Balaban J connectivity index is 1.80. The molecule has 0 bridgehead atoms. The maximum atomic E-state index is 8.91. The molecule has 2 heterocycles. The summed E-state index contributed by atoms with van der Waals surface area (Å²) in [6.07, 6.45) is 0.319. The molecule has 1 aromatic heterocycles. The number of hydrogen-bond acceptors (Lipinski definition) is 7. The molecule has 0 saturated heterocycles. The molecule has 0 N–H and O–H groups in total. The normalized spacial score (nSPS) is 13.0. The Morgan fingerprint density at radius 3 is 2.64 bits per heavy atom. The van der Waals surface area contributed by atoms with E-state index in [1.54, 1.807) is 14.2 Å². The number of nitriles is 1. The quantitative estimate of drug-likeness (QED) is 0.444. The Morgan fingerprint density at radius 1 is 1.09 bits per heavy atom. The number of aromatic nitrogens is 1. The third-order valence-corrected chi connectivity index (χ3v) is 5.51. The van der Waals surface area contributed by atoms with Crippen LogP contribution in [0.25, 0.3) is 11.3 Å². The zero-order valence-corrected chi connectivity index (χ0v) is 19.0. The summed E-state index contributed by atoms with van der Waals surface area (Å²) in [6.45, 7) is 2.65. The third-order valence-electron chi connectivity index (χ3n) is 5.51. The van der Waals surface area contributed by atoms with Gasteiger partial charge in [-0.15, -0.1) is 0 Å². The van der Waals surface area contributed by atoms with Crippen LogP contribution in [0, 0.1) is 18.3 Å². The van der Waals surface area contributed by atoms with Crippen molar-refractivity contribution in [3.05, 3.63) is 70.9 Å². The maximum Gasteiger partial charge on any atom is 0.188 e. The van der Waals surface area contributed by atoms with E-state index in [0.29, 0.717) is 29.5 Å². The Hall–Kier alpha value is -3.60. The molecule has 0 amide bonds. The van der Waals surface area contributed by atoms with Crippen molar-refractivity contribution in [2.24, 2.45) is 0 Å². The molecule has 33 heavy (non-hydrogen) atoms. The van der Waals surface area contributed by atoms with E-state index in [-0.39, 0.29) is 13.4 Å². The third kappa shape index (κ3) is 4.63. The van der Waals surface area contributed by atoms with E-state index in [0.717, 1.165) is 34.4 Å². The number of aryl methyl sites for hydroxylation is 1. The summed E-state index contributed by atoms with van der Waals surface area (Å²) in [4.78, 5) is 4.96. The highest BCUT2D eigenvalue weighted by Crippen LogP contribution is 2.44. The molecule has 0 spiro atoms. The van der Waals surface area contributed by atoms with E-state index < -0.39 is 6.10 Å². The molecule has 2 aromatic carbocycles. The van der Waals surface area contributed by atoms with Crippen molar-refractivity contribution in [3.63, 3.8) is 0 Å². The molecule has 4 rings (SSSR count). The molecule has 7 nitrogen and oxygen atoms in total. The molecule has 0 radical (unpaired) electrons. The monoisotopic (exact) mass is 446 g/mol. The van der Waals surface area contributed by atoms with Gasteiger partial charge in [0.05, 0.1) is 12.3 Å². The van der Waals surface area contributed by atoms with Crippen LogP contribution in [-0.4, -0.2) is 39.2 Å². The molecule has 3 aromatic rings. The number of fused-ring (bicyclic) bond motifs is 1. The van der Waals surface area contributed by atoms with Gasteiger partial charge in [0.2, 0.25) is 0 Å². The molecule has 0 aliphatic carbocycles. The van der Waals surface area contributed by atoms with Gasteiger partial charge in [-0.3, -0.25) is 0 Å².